The van der Waals surface area contributed by atoms with E-state index in [2.05, 4.69) is 15.7 Å². The largest absolute Gasteiger partial charge is 0.383 e. The van der Waals surface area contributed by atoms with Crippen LogP contribution in [-0.4, -0.2) is 34.7 Å². The van der Waals surface area contributed by atoms with Gasteiger partial charge in [0, 0.05) is 13.6 Å². The minimum Gasteiger partial charge on any atom is -0.383 e. The Labute approximate surface area is 99.4 Å². The second kappa shape index (κ2) is 5.88. The smallest absolute Gasteiger partial charge is 0.257 e. The lowest BCUT2D eigenvalue weighted by Gasteiger charge is -2.05. The molecular formula is C10H17N5O2. The standard InChI is InChI=1S/C10H17N5O2/c1-3-4-12-8(16)6-13-10(17)7-5-14-15(2)9(7)11/h5H,3-4,6,11H2,1-2H3,(H,12,16)(H,13,17). The molecule has 0 saturated carbocycles. The summed E-state index contributed by atoms with van der Waals surface area (Å²) in [6, 6.07) is 0. The van der Waals surface area contributed by atoms with Crippen LogP contribution in [0.3, 0.4) is 0 Å². The van der Waals surface area contributed by atoms with E-state index >= 15 is 0 Å². The van der Waals surface area contributed by atoms with Gasteiger partial charge in [-0.2, -0.15) is 5.10 Å². The van der Waals surface area contributed by atoms with Crippen LogP contribution in [0.25, 0.3) is 0 Å². The first-order valence-corrected chi connectivity index (χ1v) is 5.38. The number of aryl methyl sites for hydroxylation is 1. The van der Waals surface area contributed by atoms with Crippen molar-refractivity contribution in [3.8, 4) is 0 Å². The summed E-state index contributed by atoms with van der Waals surface area (Å²) < 4.78 is 1.39. The van der Waals surface area contributed by atoms with E-state index in [1.54, 1.807) is 7.05 Å². The summed E-state index contributed by atoms with van der Waals surface area (Å²) in [5, 5.41) is 8.97. The van der Waals surface area contributed by atoms with Gasteiger partial charge in [0.25, 0.3) is 5.91 Å². The predicted molar refractivity (Wildman–Crippen MR) is 63.3 cm³/mol. The summed E-state index contributed by atoms with van der Waals surface area (Å²) in [4.78, 5) is 22.9. The molecule has 0 bridgehead atoms. The molecule has 1 aromatic heterocycles. The number of hydrogen-bond acceptors (Lipinski definition) is 4. The number of nitrogens with zero attached hydrogens (tertiary/aromatic N) is 2. The van der Waals surface area contributed by atoms with Crippen LogP contribution in [0.5, 0.6) is 0 Å². The van der Waals surface area contributed by atoms with E-state index in [1.807, 2.05) is 6.92 Å². The van der Waals surface area contributed by atoms with E-state index < -0.39 is 5.91 Å². The van der Waals surface area contributed by atoms with Gasteiger partial charge in [0.05, 0.1) is 12.7 Å². The molecule has 2 amide bonds. The first-order chi connectivity index (χ1) is 8.06. The maximum atomic E-state index is 11.6. The molecule has 0 fully saturated rings. The number of hydrogen-bond donors (Lipinski definition) is 3. The second-order valence-electron chi connectivity index (χ2n) is 3.60. The first-order valence-electron chi connectivity index (χ1n) is 5.38. The summed E-state index contributed by atoms with van der Waals surface area (Å²) in [5.41, 5.74) is 5.90. The monoisotopic (exact) mass is 239 g/mol. The van der Waals surface area contributed by atoms with Crippen molar-refractivity contribution < 1.29 is 9.59 Å². The second-order valence-corrected chi connectivity index (χ2v) is 3.60. The first kappa shape index (κ1) is 13.0. The molecule has 0 aliphatic rings. The topological polar surface area (TPSA) is 102 Å². The minimum absolute atomic E-state index is 0.0623. The number of nitrogens with two attached hydrogens (primary N) is 1. The fourth-order valence-corrected chi connectivity index (χ4v) is 1.20. The Morgan fingerprint density at radius 1 is 1.47 bits per heavy atom. The van der Waals surface area contributed by atoms with Crippen LogP contribution >= 0.6 is 0 Å². The van der Waals surface area contributed by atoms with Crippen LogP contribution in [0.4, 0.5) is 5.82 Å². The van der Waals surface area contributed by atoms with Crippen LogP contribution in [0.1, 0.15) is 23.7 Å². The Morgan fingerprint density at radius 2 is 2.18 bits per heavy atom. The van der Waals surface area contributed by atoms with Gasteiger partial charge < -0.3 is 16.4 Å². The lowest BCUT2D eigenvalue weighted by atomic mass is 10.3. The van der Waals surface area contributed by atoms with Crippen LogP contribution in [0, 0.1) is 0 Å². The molecule has 0 unspecified atom stereocenters. The van der Waals surface area contributed by atoms with E-state index in [0.717, 1.165) is 6.42 Å². The number of rotatable bonds is 5. The molecule has 0 radical (unpaired) electrons. The van der Waals surface area contributed by atoms with Gasteiger partial charge in [0.2, 0.25) is 5.91 Å². The normalized spacial score (nSPS) is 10.0. The predicted octanol–water partition coefficient (Wildman–Crippen LogP) is -0.742. The molecule has 1 aromatic rings. The fraction of sp³-hybridized carbons (Fsp3) is 0.500. The number of amides is 2. The van der Waals surface area contributed by atoms with Gasteiger partial charge in [-0.3, -0.25) is 14.3 Å². The van der Waals surface area contributed by atoms with Crippen molar-refractivity contribution in [2.75, 3.05) is 18.8 Å². The molecule has 1 rings (SSSR count). The van der Waals surface area contributed by atoms with Crippen molar-refractivity contribution in [3.05, 3.63) is 11.8 Å². The molecule has 0 saturated heterocycles. The highest BCUT2D eigenvalue weighted by Crippen LogP contribution is 2.08. The zero-order valence-electron chi connectivity index (χ0n) is 9.99. The average Bonchev–Trinajstić information content (AvgIpc) is 2.64. The van der Waals surface area contributed by atoms with E-state index in [9.17, 15) is 9.59 Å². The van der Waals surface area contributed by atoms with Crippen LogP contribution in [0.15, 0.2) is 6.20 Å². The van der Waals surface area contributed by atoms with Crippen LogP contribution in [-0.2, 0) is 11.8 Å². The van der Waals surface area contributed by atoms with Crippen molar-refractivity contribution in [3.63, 3.8) is 0 Å². The molecular weight excluding hydrogens is 222 g/mol. The summed E-state index contributed by atoms with van der Waals surface area (Å²) in [6.45, 7) is 2.49. The highest BCUT2D eigenvalue weighted by Gasteiger charge is 2.14. The average molecular weight is 239 g/mol. The minimum atomic E-state index is -0.401. The van der Waals surface area contributed by atoms with Crippen LogP contribution < -0.4 is 16.4 Å². The van der Waals surface area contributed by atoms with Gasteiger partial charge >= 0.3 is 0 Å². The summed E-state index contributed by atoms with van der Waals surface area (Å²) in [7, 11) is 1.64. The maximum Gasteiger partial charge on any atom is 0.257 e. The van der Waals surface area contributed by atoms with Crippen molar-refractivity contribution in [1.82, 2.24) is 20.4 Å². The quantitative estimate of drug-likeness (QED) is 0.629. The van der Waals surface area contributed by atoms with Crippen molar-refractivity contribution in [1.29, 1.82) is 0 Å². The molecule has 0 aliphatic heterocycles. The van der Waals surface area contributed by atoms with E-state index in [4.69, 9.17) is 5.73 Å². The Hall–Kier alpha value is -2.05. The highest BCUT2D eigenvalue weighted by molar-refractivity contribution is 5.99. The van der Waals surface area contributed by atoms with Crippen LogP contribution in [0.2, 0.25) is 0 Å². The van der Waals surface area contributed by atoms with Crippen molar-refractivity contribution in [2.24, 2.45) is 7.05 Å². The van der Waals surface area contributed by atoms with Gasteiger partial charge in [0.15, 0.2) is 0 Å². The summed E-state index contributed by atoms with van der Waals surface area (Å²) in [6.07, 6.45) is 2.23. The molecule has 4 N–H and O–H groups in total. The molecule has 7 heteroatoms. The molecule has 0 atom stereocenters. The molecule has 0 aromatic carbocycles. The van der Waals surface area contributed by atoms with Crippen molar-refractivity contribution in [2.45, 2.75) is 13.3 Å². The van der Waals surface area contributed by atoms with E-state index in [1.165, 1.54) is 10.9 Å². The molecule has 0 aliphatic carbocycles. The Kier molecular flexibility index (Phi) is 4.50. The summed E-state index contributed by atoms with van der Waals surface area (Å²) in [5.74, 6) is -0.346. The summed E-state index contributed by atoms with van der Waals surface area (Å²) >= 11 is 0. The Morgan fingerprint density at radius 3 is 2.71 bits per heavy atom. The van der Waals surface area contributed by atoms with Gasteiger partial charge in [-0.15, -0.1) is 0 Å². The number of nitrogens with one attached hydrogen (secondary N) is 2. The van der Waals surface area contributed by atoms with E-state index in [0.29, 0.717) is 6.54 Å². The molecule has 17 heavy (non-hydrogen) atoms. The third kappa shape index (κ3) is 3.47. The Bertz CT molecular complexity index is 413. The van der Waals surface area contributed by atoms with E-state index in [-0.39, 0.29) is 23.8 Å². The number of carbonyl (C=O) groups excluding carboxylic acids is 2. The molecule has 1 heterocycles. The zero-order valence-corrected chi connectivity index (χ0v) is 9.99. The third-order valence-electron chi connectivity index (χ3n) is 2.21. The van der Waals surface area contributed by atoms with Gasteiger partial charge in [-0.05, 0) is 6.42 Å². The van der Waals surface area contributed by atoms with Crippen molar-refractivity contribution >= 4 is 17.6 Å². The van der Waals surface area contributed by atoms with Gasteiger partial charge in [0.1, 0.15) is 11.4 Å². The maximum absolute atomic E-state index is 11.6. The fourth-order valence-electron chi connectivity index (χ4n) is 1.20. The van der Waals surface area contributed by atoms with Gasteiger partial charge in [-0.1, -0.05) is 6.92 Å². The third-order valence-corrected chi connectivity index (χ3v) is 2.21. The Balaban J connectivity index is 2.45. The molecule has 0 spiro atoms. The number of nitrogen functional groups attached to an aromatic ring is 1. The number of carbonyl (C=O) groups is 2. The molecule has 7 nitrogen and oxygen atoms in total. The SMILES string of the molecule is CCCNC(=O)CNC(=O)c1cnn(C)c1N. The lowest BCUT2D eigenvalue weighted by Crippen LogP contribution is -2.37. The number of anilines is 1. The van der Waals surface area contributed by atoms with Gasteiger partial charge in [-0.25, -0.2) is 0 Å². The highest BCUT2D eigenvalue weighted by atomic mass is 16.2. The zero-order chi connectivity index (χ0) is 12.8. The molecule has 94 valence electrons. The lowest BCUT2D eigenvalue weighted by molar-refractivity contribution is -0.120. The number of aromatic nitrogens is 2.